The highest BCUT2D eigenvalue weighted by Gasteiger charge is 2.10. The number of hydrogen-bond acceptors (Lipinski definition) is 5. The monoisotopic (exact) mass is 408 g/mol. The van der Waals surface area contributed by atoms with Crippen molar-refractivity contribution in [1.82, 2.24) is 0 Å². The van der Waals surface area contributed by atoms with E-state index in [0.29, 0.717) is 18.0 Å². The minimum absolute atomic E-state index is 0.159. The fourth-order valence-electron chi connectivity index (χ4n) is 2.95. The number of rotatable bonds is 8. The number of benzene rings is 2. The Balaban J connectivity index is 1.65. The van der Waals surface area contributed by atoms with Crippen molar-refractivity contribution < 1.29 is 23.5 Å². The number of nitrogens with one attached hydrogen (secondary N) is 2. The first-order chi connectivity index (χ1) is 14.6. The van der Waals surface area contributed by atoms with Gasteiger partial charge in [-0.05, 0) is 30.3 Å². The molecule has 7 heteroatoms. The quantitative estimate of drug-likeness (QED) is 0.411. The summed E-state index contributed by atoms with van der Waals surface area (Å²) >= 11 is 0. The number of aryl methyl sites for hydroxylation is 1. The SMILES string of the molecule is CCc1oc2ccccc2c1/C=C/C(=O)Nc1cccc(NC(=O)OCCOC)c1. The van der Waals surface area contributed by atoms with E-state index < -0.39 is 6.09 Å². The second-order valence-corrected chi connectivity index (χ2v) is 6.45. The molecule has 0 aliphatic rings. The number of fused-ring (bicyclic) bond motifs is 1. The highest BCUT2D eigenvalue weighted by atomic mass is 16.6. The van der Waals surface area contributed by atoms with Crippen LogP contribution in [0.1, 0.15) is 18.2 Å². The highest BCUT2D eigenvalue weighted by Crippen LogP contribution is 2.27. The van der Waals surface area contributed by atoms with Crippen molar-refractivity contribution in [3.63, 3.8) is 0 Å². The number of anilines is 2. The molecule has 0 radical (unpaired) electrons. The molecule has 0 atom stereocenters. The average Bonchev–Trinajstić information content (AvgIpc) is 3.10. The molecular formula is C23H24N2O5. The molecule has 0 saturated carbocycles. The van der Waals surface area contributed by atoms with E-state index in [1.165, 1.54) is 13.2 Å². The third kappa shape index (κ3) is 5.48. The van der Waals surface area contributed by atoms with Crippen LogP contribution < -0.4 is 10.6 Å². The lowest BCUT2D eigenvalue weighted by Gasteiger charge is -2.08. The average molecular weight is 408 g/mol. The number of hydrogen-bond donors (Lipinski definition) is 2. The summed E-state index contributed by atoms with van der Waals surface area (Å²) in [7, 11) is 1.53. The van der Waals surface area contributed by atoms with Crippen LogP contribution in [0.25, 0.3) is 17.0 Å². The molecule has 2 aromatic carbocycles. The zero-order valence-corrected chi connectivity index (χ0v) is 16.9. The summed E-state index contributed by atoms with van der Waals surface area (Å²) in [5.41, 5.74) is 2.75. The van der Waals surface area contributed by atoms with Crippen LogP contribution in [0.5, 0.6) is 0 Å². The zero-order valence-electron chi connectivity index (χ0n) is 16.9. The first-order valence-electron chi connectivity index (χ1n) is 9.63. The molecule has 0 spiro atoms. The molecule has 0 unspecified atom stereocenters. The standard InChI is InChI=1S/C23H24N2O5/c1-3-20-19(18-9-4-5-10-21(18)30-20)11-12-22(26)24-16-7-6-8-17(15-16)25-23(27)29-14-13-28-2/h4-12,15H,3,13-14H2,1-2H3,(H,24,26)(H,25,27)/b12-11+. The van der Waals surface area contributed by atoms with Crippen LogP contribution in [-0.4, -0.2) is 32.3 Å². The molecule has 0 aliphatic carbocycles. The van der Waals surface area contributed by atoms with E-state index in [1.807, 2.05) is 31.2 Å². The van der Waals surface area contributed by atoms with Gasteiger partial charge in [0.15, 0.2) is 0 Å². The first kappa shape index (κ1) is 21.1. The minimum atomic E-state index is -0.589. The van der Waals surface area contributed by atoms with Crippen LogP contribution in [-0.2, 0) is 20.7 Å². The Hall–Kier alpha value is -3.58. The van der Waals surface area contributed by atoms with Gasteiger partial charge in [-0.1, -0.05) is 31.2 Å². The van der Waals surface area contributed by atoms with Gasteiger partial charge in [0.1, 0.15) is 18.0 Å². The summed E-state index contributed by atoms with van der Waals surface area (Å²) in [6.45, 7) is 2.49. The van der Waals surface area contributed by atoms with Gasteiger partial charge in [0, 0.05) is 41.9 Å². The fraction of sp³-hybridized carbons (Fsp3) is 0.217. The number of para-hydroxylation sites is 1. The Morgan fingerprint density at radius 1 is 1.03 bits per heavy atom. The zero-order chi connectivity index (χ0) is 21.3. The summed E-state index contributed by atoms with van der Waals surface area (Å²) in [6, 6.07) is 14.5. The second-order valence-electron chi connectivity index (χ2n) is 6.45. The molecule has 0 saturated heterocycles. The van der Waals surface area contributed by atoms with E-state index in [0.717, 1.165) is 28.7 Å². The van der Waals surface area contributed by atoms with Crippen LogP contribution in [0.4, 0.5) is 16.2 Å². The highest BCUT2D eigenvalue weighted by molar-refractivity contribution is 6.04. The van der Waals surface area contributed by atoms with Crippen molar-refractivity contribution in [2.75, 3.05) is 31.0 Å². The van der Waals surface area contributed by atoms with Crippen LogP contribution in [0.15, 0.2) is 59.0 Å². The lowest BCUT2D eigenvalue weighted by Crippen LogP contribution is -2.16. The lowest BCUT2D eigenvalue weighted by atomic mass is 10.1. The number of furan rings is 1. The van der Waals surface area contributed by atoms with Crippen molar-refractivity contribution in [2.24, 2.45) is 0 Å². The molecule has 2 N–H and O–H groups in total. The second kappa shape index (κ2) is 10.3. The molecule has 30 heavy (non-hydrogen) atoms. The predicted octanol–water partition coefficient (Wildman–Crippen LogP) is 4.84. The summed E-state index contributed by atoms with van der Waals surface area (Å²) in [5.74, 6) is 0.542. The Morgan fingerprint density at radius 3 is 2.57 bits per heavy atom. The molecular weight excluding hydrogens is 384 g/mol. The Morgan fingerprint density at radius 2 is 1.80 bits per heavy atom. The van der Waals surface area contributed by atoms with Crippen LogP contribution in [0, 0.1) is 0 Å². The van der Waals surface area contributed by atoms with Crippen molar-refractivity contribution >= 4 is 40.4 Å². The van der Waals surface area contributed by atoms with Gasteiger partial charge in [-0.2, -0.15) is 0 Å². The molecule has 0 bridgehead atoms. The van der Waals surface area contributed by atoms with E-state index in [1.54, 1.807) is 30.3 Å². The fourth-order valence-corrected chi connectivity index (χ4v) is 2.95. The van der Waals surface area contributed by atoms with Gasteiger partial charge >= 0.3 is 6.09 Å². The van der Waals surface area contributed by atoms with Gasteiger partial charge in [0.05, 0.1) is 6.61 Å². The number of carbonyl (C=O) groups is 2. The maximum absolute atomic E-state index is 12.4. The van der Waals surface area contributed by atoms with Gasteiger partial charge in [0.2, 0.25) is 5.91 Å². The Labute approximate surface area is 174 Å². The summed E-state index contributed by atoms with van der Waals surface area (Å²) in [6.07, 6.45) is 3.36. The van der Waals surface area contributed by atoms with Crippen molar-refractivity contribution in [3.8, 4) is 0 Å². The van der Waals surface area contributed by atoms with Crippen LogP contribution in [0.2, 0.25) is 0 Å². The van der Waals surface area contributed by atoms with E-state index >= 15 is 0 Å². The number of carbonyl (C=O) groups excluding carboxylic acids is 2. The molecule has 156 valence electrons. The topological polar surface area (TPSA) is 89.8 Å². The smallest absolute Gasteiger partial charge is 0.411 e. The lowest BCUT2D eigenvalue weighted by molar-refractivity contribution is -0.111. The van der Waals surface area contributed by atoms with Gasteiger partial charge in [-0.15, -0.1) is 0 Å². The van der Waals surface area contributed by atoms with Crippen molar-refractivity contribution in [2.45, 2.75) is 13.3 Å². The number of ether oxygens (including phenoxy) is 2. The predicted molar refractivity (Wildman–Crippen MR) is 117 cm³/mol. The molecule has 0 aliphatic heterocycles. The van der Waals surface area contributed by atoms with Crippen molar-refractivity contribution in [3.05, 3.63) is 65.9 Å². The van der Waals surface area contributed by atoms with Gasteiger partial charge in [-0.25, -0.2) is 4.79 Å². The largest absolute Gasteiger partial charge is 0.460 e. The first-order valence-corrected chi connectivity index (χ1v) is 9.63. The van der Waals surface area contributed by atoms with E-state index in [9.17, 15) is 9.59 Å². The van der Waals surface area contributed by atoms with E-state index in [2.05, 4.69) is 10.6 Å². The molecule has 7 nitrogen and oxygen atoms in total. The maximum atomic E-state index is 12.4. The van der Waals surface area contributed by atoms with E-state index in [-0.39, 0.29) is 12.5 Å². The third-order valence-corrected chi connectivity index (χ3v) is 4.33. The normalized spacial score (nSPS) is 11.0. The molecule has 3 aromatic rings. The van der Waals surface area contributed by atoms with Gasteiger partial charge in [0.25, 0.3) is 0 Å². The molecule has 3 rings (SSSR count). The van der Waals surface area contributed by atoms with Gasteiger partial charge < -0.3 is 19.2 Å². The summed E-state index contributed by atoms with van der Waals surface area (Å²) < 4.78 is 15.6. The maximum Gasteiger partial charge on any atom is 0.411 e. The number of amides is 2. The molecule has 0 fully saturated rings. The van der Waals surface area contributed by atoms with E-state index in [4.69, 9.17) is 13.9 Å². The molecule has 1 heterocycles. The minimum Gasteiger partial charge on any atom is -0.460 e. The third-order valence-electron chi connectivity index (χ3n) is 4.33. The molecule has 2 amide bonds. The van der Waals surface area contributed by atoms with Crippen LogP contribution >= 0.6 is 0 Å². The number of methoxy groups -OCH3 is 1. The van der Waals surface area contributed by atoms with Crippen LogP contribution in [0.3, 0.4) is 0 Å². The summed E-state index contributed by atoms with van der Waals surface area (Å²) in [5, 5.41) is 6.36. The van der Waals surface area contributed by atoms with Crippen molar-refractivity contribution in [1.29, 1.82) is 0 Å². The summed E-state index contributed by atoms with van der Waals surface area (Å²) in [4.78, 5) is 24.1. The Kier molecular flexibility index (Phi) is 7.24. The van der Waals surface area contributed by atoms with Gasteiger partial charge in [-0.3, -0.25) is 10.1 Å². The molecule has 1 aromatic heterocycles. The Bertz CT molecular complexity index is 1050.